The Bertz CT molecular complexity index is 1120. The van der Waals surface area contributed by atoms with Crippen molar-refractivity contribution in [1.82, 2.24) is 14.9 Å². The van der Waals surface area contributed by atoms with Crippen LogP contribution in [0.2, 0.25) is 0 Å². The van der Waals surface area contributed by atoms with Crippen molar-refractivity contribution in [3.05, 3.63) is 83.9 Å². The summed E-state index contributed by atoms with van der Waals surface area (Å²) in [4.78, 5) is 50.9. The maximum atomic E-state index is 12.9. The number of carbonyl (C=O) groups is 3. The summed E-state index contributed by atoms with van der Waals surface area (Å²) in [5, 5.41) is 0. The van der Waals surface area contributed by atoms with Gasteiger partial charge in [0, 0.05) is 43.6 Å². The third-order valence-electron chi connectivity index (χ3n) is 5.61. The van der Waals surface area contributed by atoms with Gasteiger partial charge in [-0.2, -0.15) is 0 Å². The van der Waals surface area contributed by atoms with E-state index in [1.54, 1.807) is 24.3 Å². The summed E-state index contributed by atoms with van der Waals surface area (Å²) in [7, 11) is 0. The molecule has 3 heterocycles. The first-order chi connectivity index (χ1) is 15.1. The lowest BCUT2D eigenvalue weighted by atomic mass is 10.1. The maximum absolute atomic E-state index is 12.9. The molecule has 0 radical (unpaired) electrons. The number of nitrogens with zero attached hydrogens (tertiary/aromatic N) is 5. The Morgan fingerprint density at radius 2 is 1.52 bits per heavy atom. The first-order valence-electron chi connectivity index (χ1n) is 10.0. The van der Waals surface area contributed by atoms with Crippen molar-refractivity contribution in [1.29, 1.82) is 0 Å². The van der Waals surface area contributed by atoms with Crippen LogP contribution in [-0.2, 0) is 0 Å². The molecule has 1 aromatic heterocycles. The molecule has 5 rings (SSSR count). The van der Waals surface area contributed by atoms with E-state index in [1.165, 1.54) is 12.5 Å². The van der Waals surface area contributed by atoms with Gasteiger partial charge in [-0.15, -0.1) is 0 Å². The molecule has 8 nitrogen and oxygen atoms in total. The fourth-order valence-electron chi connectivity index (χ4n) is 3.95. The van der Waals surface area contributed by atoms with E-state index >= 15 is 0 Å². The van der Waals surface area contributed by atoms with Gasteiger partial charge >= 0.3 is 0 Å². The van der Waals surface area contributed by atoms with Gasteiger partial charge in [0.2, 0.25) is 0 Å². The summed E-state index contributed by atoms with van der Waals surface area (Å²) in [6, 6.07) is 16.7. The van der Waals surface area contributed by atoms with Crippen LogP contribution >= 0.6 is 0 Å². The lowest BCUT2D eigenvalue weighted by Gasteiger charge is -2.36. The van der Waals surface area contributed by atoms with Gasteiger partial charge in [0.05, 0.1) is 11.3 Å². The summed E-state index contributed by atoms with van der Waals surface area (Å²) in [5.41, 5.74) is 2.36. The first kappa shape index (κ1) is 18.9. The standard InChI is InChI=1S/C23H19N5O3/c29-21(27-12-10-26(11-13-27)17-4-2-1-3-5-17)16-6-8-18(9-7-16)28-22(30)19-14-24-15-25-20(19)23(28)31/h1-9,14-15H,10-13H2. The fourth-order valence-corrected chi connectivity index (χ4v) is 3.95. The second-order valence-electron chi connectivity index (χ2n) is 7.39. The topological polar surface area (TPSA) is 86.7 Å². The van der Waals surface area contributed by atoms with Crippen molar-refractivity contribution < 1.29 is 14.4 Å². The fraction of sp³-hybridized carbons (Fsp3) is 0.174. The molecular weight excluding hydrogens is 394 g/mol. The Morgan fingerprint density at radius 3 is 2.19 bits per heavy atom. The number of hydrogen-bond donors (Lipinski definition) is 0. The second-order valence-corrected chi connectivity index (χ2v) is 7.39. The lowest BCUT2D eigenvalue weighted by molar-refractivity contribution is 0.0746. The van der Waals surface area contributed by atoms with Crippen molar-refractivity contribution in [2.24, 2.45) is 0 Å². The Labute approximate surface area is 178 Å². The zero-order valence-electron chi connectivity index (χ0n) is 16.6. The molecule has 0 aliphatic carbocycles. The minimum atomic E-state index is -0.487. The van der Waals surface area contributed by atoms with E-state index in [2.05, 4.69) is 27.0 Å². The van der Waals surface area contributed by atoms with E-state index in [4.69, 9.17) is 0 Å². The van der Waals surface area contributed by atoms with Gasteiger partial charge in [0.15, 0.2) is 0 Å². The van der Waals surface area contributed by atoms with Crippen LogP contribution in [0.1, 0.15) is 31.2 Å². The zero-order chi connectivity index (χ0) is 21.4. The predicted octanol–water partition coefficient (Wildman–Crippen LogP) is 2.24. The summed E-state index contributed by atoms with van der Waals surface area (Å²) in [6.45, 7) is 2.80. The number of carbonyl (C=O) groups excluding carboxylic acids is 3. The molecule has 2 aliphatic rings. The highest BCUT2D eigenvalue weighted by atomic mass is 16.2. The molecule has 1 saturated heterocycles. The molecule has 0 N–H and O–H groups in total. The highest BCUT2D eigenvalue weighted by Crippen LogP contribution is 2.27. The monoisotopic (exact) mass is 413 g/mol. The molecule has 0 spiro atoms. The summed E-state index contributed by atoms with van der Waals surface area (Å²) >= 11 is 0. The van der Waals surface area contributed by atoms with Crippen molar-refractivity contribution in [2.75, 3.05) is 36.0 Å². The van der Waals surface area contributed by atoms with Crippen LogP contribution in [0, 0.1) is 0 Å². The number of aromatic nitrogens is 2. The predicted molar refractivity (Wildman–Crippen MR) is 114 cm³/mol. The number of piperazine rings is 1. The molecule has 31 heavy (non-hydrogen) atoms. The van der Waals surface area contributed by atoms with Crippen molar-refractivity contribution >= 4 is 29.1 Å². The number of hydrogen-bond acceptors (Lipinski definition) is 6. The number of para-hydroxylation sites is 1. The van der Waals surface area contributed by atoms with Crippen LogP contribution in [-0.4, -0.2) is 58.8 Å². The SMILES string of the molecule is O=C(c1ccc(N2C(=O)c3cncnc3C2=O)cc1)N1CCN(c2ccccc2)CC1. The number of rotatable bonds is 3. The average molecular weight is 413 g/mol. The molecule has 1 fully saturated rings. The number of anilines is 2. The minimum absolute atomic E-state index is 0.0625. The smallest absolute Gasteiger partial charge is 0.284 e. The van der Waals surface area contributed by atoms with E-state index < -0.39 is 11.8 Å². The molecule has 3 aromatic rings. The van der Waals surface area contributed by atoms with Crippen molar-refractivity contribution in [3.8, 4) is 0 Å². The largest absolute Gasteiger partial charge is 0.368 e. The van der Waals surface area contributed by atoms with Gasteiger partial charge in [-0.1, -0.05) is 18.2 Å². The number of benzene rings is 2. The molecule has 0 atom stereocenters. The molecule has 154 valence electrons. The van der Waals surface area contributed by atoms with Crippen LogP contribution < -0.4 is 9.80 Å². The molecule has 2 aliphatic heterocycles. The Kier molecular flexibility index (Phi) is 4.66. The van der Waals surface area contributed by atoms with Crippen LogP contribution in [0.4, 0.5) is 11.4 Å². The van der Waals surface area contributed by atoms with Crippen LogP contribution in [0.5, 0.6) is 0 Å². The normalized spacial score (nSPS) is 15.9. The molecule has 0 bridgehead atoms. The third kappa shape index (κ3) is 3.31. The van der Waals surface area contributed by atoms with Gasteiger partial charge in [-0.05, 0) is 36.4 Å². The van der Waals surface area contributed by atoms with Crippen molar-refractivity contribution in [3.63, 3.8) is 0 Å². The maximum Gasteiger partial charge on any atom is 0.284 e. The van der Waals surface area contributed by atoms with Gasteiger partial charge in [-0.3, -0.25) is 14.4 Å². The molecule has 3 amide bonds. The quantitative estimate of drug-likeness (QED) is 0.612. The zero-order valence-corrected chi connectivity index (χ0v) is 16.6. The number of amides is 3. The van der Waals surface area contributed by atoms with E-state index in [-0.39, 0.29) is 17.2 Å². The van der Waals surface area contributed by atoms with E-state index in [0.29, 0.717) is 24.3 Å². The molecule has 2 aromatic carbocycles. The van der Waals surface area contributed by atoms with Crippen LogP contribution in [0.3, 0.4) is 0 Å². The number of fused-ring (bicyclic) bond motifs is 1. The number of imide groups is 1. The van der Waals surface area contributed by atoms with Gasteiger partial charge < -0.3 is 9.80 Å². The molecule has 0 unspecified atom stereocenters. The second kappa shape index (κ2) is 7.64. The summed E-state index contributed by atoms with van der Waals surface area (Å²) in [5.74, 6) is -1.01. The Balaban J connectivity index is 1.27. The van der Waals surface area contributed by atoms with E-state index in [0.717, 1.165) is 23.7 Å². The van der Waals surface area contributed by atoms with Crippen LogP contribution in [0.25, 0.3) is 0 Å². The van der Waals surface area contributed by atoms with Gasteiger partial charge in [0.1, 0.15) is 12.0 Å². The van der Waals surface area contributed by atoms with E-state index in [9.17, 15) is 14.4 Å². The van der Waals surface area contributed by atoms with Crippen LogP contribution in [0.15, 0.2) is 67.1 Å². The summed E-state index contributed by atoms with van der Waals surface area (Å²) < 4.78 is 0. The lowest BCUT2D eigenvalue weighted by Crippen LogP contribution is -2.48. The van der Waals surface area contributed by atoms with Gasteiger partial charge in [0.25, 0.3) is 17.7 Å². The molecular formula is C23H19N5O3. The summed E-state index contributed by atoms with van der Waals surface area (Å²) in [6.07, 6.45) is 2.59. The Hall–Kier alpha value is -4.07. The highest BCUT2D eigenvalue weighted by Gasteiger charge is 2.38. The average Bonchev–Trinajstić information content (AvgIpc) is 3.09. The van der Waals surface area contributed by atoms with Crippen molar-refractivity contribution in [2.45, 2.75) is 0 Å². The third-order valence-corrected chi connectivity index (χ3v) is 5.61. The minimum Gasteiger partial charge on any atom is -0.368 e. The molecule has 0 saturated carbocycles. The van der Waals surface area contributed by atoms with E-state index in [1.807, 2.05) is 23.1 Å². The first-order valence-corrected chi connectivity index (χ1v) is 10.0. The Morgan fingerprint density at radius 1 is 0.806 bits per heavy atom. The highest BCUT2D eigenvalue weighted by molar-refractivity contribution is 6.33. The molecule has 8 heteroatoms. The van der Waals surface area contributed by atoms with Gasteiger partial charge in [-0.25, -0.2) is 14.9 Å².